The number of aromatic nitrogens is 1. The maximum Gasteiger partial charge on any atom is 0.174 e. The predicted molar refractivity (Wildman–Crippen MR) is 128 cm³/mol. The standard InChI is InChI=1S/C22H22IN3O2S/c1-27-17-9-10-20(28-2)18(14-17)21-19-4-3-11-25(19)12-13-26(21)22(29)24-16-7-5-15(23)6-8-16/h3-11,14,21H,12-13H2,1-2H3,(H,24,29). The molecule has 5 nitrogen and oxygen atoms in total. The van der Waals surface area contributed by atoms with Crippen molar-refractivity contribution < 1.29 is 9.47 Å². The van der Waals surface area contributed by atoms with Crippen LogP contribution in [0.15, 0.2) is 60.8 Å². The summed E-state index contributed by atoms with van der Waals surface area (Å²) >= 11 is 8.14. The molecule has 3 aromatic rings. The molecule has 1 aromatic heterocycles. The third kappa shape index (κ3) is 4.06. The summed E-state index contributed by atoms with van der Waals surface area (Å²) in [6.45, 7) is 1.67. The van der Waals surface area contributed by atoms with E-state index < -0.39 is 0 Å². The third-order valence-electron chi connectivity index (χ3n) is 5.13. The molecule has 0 saturated heterocycles. The fourth-order valence-electron chi connectivity index (χ4n) is 3.71. The second-order valence-corrected chi connectivity index (χ2v) is 8.40. The van der Waals surface area contributed by atoms with Crippen molar-refractivity contribution in [2.45, 2.75) is 12.6 Å². The zero-order valence-electron chi connectivity index (χ0n) is 16.3. The highest BCUT2D eigenvalue weighted by molar-refractivity contribution is 14.1. The number of halogens is 1. The zero-order valence-corrected chi connectivity index (χ0v) is 19.2. The number of anilines is 1. The van der Waals surface area contributed by atoms with Crippen LogP contribution >= 0.6 is 34.8 Å². The molecule has 2 aromatic carbocycles. The van der Waals surface area contributed by atoms with Gasteiger partial charge in [0, 0.05) is 39.8 Å². The maximum absolute atomic E-state index is 5.84. The summed E-state index contributed by atoms with van der Waals surface area (Å²) in [6, 6.07) is 18.3. The van der Waals surface area contributed by atoms with Crippen molar-refractivity contribution in [3.8, 4) is 11.5 Å². The highest BCUT2D eigenvalue weighted by Crippen LogP contribution is 2.39. The van der Waals surface area contributed by atoms with Crippen molar-refractivity contribution in [3.63, 3.8) is 0 Å². The van der Waals surface area contributed by atoms with E-state index in [1.54, 1.807) is 14.2 Å². The number of hydrogen-bond donors (Lipinski definition) is 1. The molecule has 0 amide bonds. The smallest absolute Gasteiger partial charge is 0.174 e. The molecule has 7 heteroatoms. The highest BCUT2D eigenvalue weighted by atomic mass is 127. The number of nitrogens with zero attached hydrogens (tertiary/aromatic N) is 2. The van der Waals surface area contributed by atoms with Crippen molar-refractivity contribution in [2.24, 2.45) is 0 Å². The average molecular weight is 519 g/mol. The normalized spacial score (nSPS) is 15.6. The van der Waals surface area contributed by atoms with E-state index in [1.807, 2.05) is 30.3 Å². The first-order chi connectivity index (χ1) is 14.1. The number of thiocarbonyl (C=S) groups is 1. The summed E-state index contributed by atoms with van der Waals surface area (Å²) in [4.78, 5) is 2.22. The molecule has 29 heavy (non-hydrogen) atoms. The summed E-state index contributed by atoms with van der Waals surface area (Å²) in [5.41, 5.74) is 3.18. The van der Waals surface area contributed by atoms with Crippen LogP contribution in [0.5, 0.6) is 11.5 Å². The summed E-state index contributed by atoms with van der Waals surface area (Å²) in [5.74, 6) is 1.61. The van der Waals surface area contributed by atoms with E-state index in [4.69, 9.17) is 21.7 Å². The number of benzene rings is 2. The van der Waals surface area contributed by atoms with Gasteiger partial charge in [-0.05, 0) is 89.4 Å². The Kier molecular flexibility index (Phi) is 5.96. The largest absolute Gasteiger partial charge is 0.497 e. The van der Waals surface area contributed by atoms with E-state index in [1.165, 1.54) is 9.26 Å². The van der Waals surface area contributed by atoms with Crippen LogP contribution < -0.4 is 14.8 Å². The molecule has 1 atom stereocenters. The van der Waals surface area contributed by atoms with Gasteiger partial charge >= 0.3 is 0 Å². The van der Waals surface area contributed by atoms with Crippen LogP contribution in [0.25, 0.3) is 0 Å². The minimum Gasteiger partial charge on any atom is -0.497 e. The Morgan fingerprint density at radius 1 is 1.07 bits per heavy atom. The molecule has 0 fully saturated rings. The molecule has 0 spiro atoms. The molecule has 2 heterocycles. The molecule has 0 bridgehead atoms. The molecule has 4 rings (SSSR count). The number of methoxy groups -OCH3 is 2. The lowest BCUT2D eigenvalue weighted by Gasteiger charge is -2.39. The fraction of sp³-hybridized carbons (Fsp3) is 0.227. The van der Waals surface area contributed by atoms with Crippen LogP contribution in [-0.2, 0) is 6.54 Å². The summed E-state index contributed by atoms with van der Waals surface area (Å²) in [5, 5.41) is 4.09. The van der Waals surface area contributed by atoms with Gasteiger partial charge < -0.3 is 24.3 Å². The van der Waals surface area contributed by atoms with Gasteiger partial charge in [-0.1, -0.05) is 0 Å². The summed E-state index contributed by atoms with van der Waals surface area (Å²) in [6.07, 6.45) is 2.11. The van der Waals surface area contributed by atoms with Crippen molar-refractivity contribution in [3.05, 3.63) is 75.6 Å². The van der Waals surface area contributed by atoms with Crippen LogP contribution in [-0.4, -0.2) is 35.3 Å². The van der Waals surface area contributed by atoms with Gasteiger partial charge in [0.1, 0.15) is 17.5 Å². The van der Waals surface area contributed by atoms with Gasteiger partial charge in [-0.2, -0.15) is 0 Å². The van der Waals surface area contributed by atoms with Crippen LogP contribution in [0.4, 0.5) is 5.69 Å². The zero-order chi connectivity index (χ0) is 20.4. The van der Waals surface area contributed by atoms with E-state index in [2.05, 4.69) is 67.8 Å². The second-order valence-electron chi connectivity index (χ2n) is 6.77. The van der Waals surface area contributed by atoms with Gasteiger partial charge in [0.15, 0.2) is 5.11 Å². The van der Waals surface area contributed by atoms with Gasteiger partial charge in [0.25, 0.3) is 0 Å². The van der Waals surface area contributed by atoms with E-state index >= 15 is 0 Å². The van der Waals surface area contributed by atoms with Crippen molar-refractivity contribution in [1.82, 2.24) is 9.47 Å². The second kappa shape index (κ2) is 8.62. The Hall–Kier alpha value is -2.26. The number of nitrogens with one attached hydrogen (secondary N) is 1. The summed E-state index contributed by atoms with van der Waals surface area (Å²) in [7, 11) is 3.37. The number of hydrogen-bond acceptors (Lipinski definition) is 3. The summed E-state index contributed by atoms with van der Waals surface area (Å²) < 4.78 is 14.6. The van der Waals surface area contributed by atoms with Gasteiger partial charge in [-0.15, -0.1) is 0 Å². The monoisotopic (exact) mass is 519 g/mol. The Morgan fingerprint density at radius 2 is 1.86 bits per heavy atom. The maximum atomic E-state index is 5.84. The first kappa shape index (κ1) is 20.0. The van der Waals surface area contributed by atoms with Crippen LogP contribution in [0.1, 0.15) is 17.3 Å². The molecular weight excluding hydrogens is 497 g/mol. The number of rotatable bonds is 4. The van der Waals surface area contributed by atoms with Gasteiger partial charge in [0.2, 0.25) is 0 Å². The van der Waals surface area contributed by atoms with E-state index in [-0.39, 0.29) is 6.04 Å². The number of ether oxygens (including phenoxy) is 2. The molecule has 150 valence electrons. The van der Waals surface area contributed by atoms with Crippen molar-refractivity contribution in [1.29, 1.82) is 0 Å². The molecule has 1 N–H and O–H groups in total. The van der Waals surface area contributed by atoms with E-state index in [9.17, 15) is 0 Å². The molecule has 1 aliphatic rings. The van der Waals surface area contributed by atoms with Gasteiger partial charge in [0.05, 0.1) is 14.2 Å². The third-order valence-corrected chi connectivity index (χ3v) is 6.18. The van der Waals surface area contributed by atoms with Gasteiger partial charge in [-0.3, -0.25) is 0 Å². The van der Waals surface area contributed by atoms with Crippen LogP contribution in [0, 0.1) is 3.57 Å². The predicted octanol–water partition coefficient (Wildman–Crippen LogP) is 4.91. The Labute approximate surface area is 189 Å². The lowest BCUT2D eigenvalue weighted by atomic mass is 9.99. The van der Waals surface area contributed by atoms with Crippen molar-refractivity contribution in [2.75, 3.05) is 26.1 Å². The van der Waals surface area contributed by atoms with E-state index in [0.717, 1.165) is 35.8 Å². The molecule has 0 aliphatic carbocycles. The SMILES string of the molecule is COc1ccc(OC)c(C2c3cccn3CCN2C(=S)Nc2ccc(I)cc2)c1. The fourth-order valence-corrected chi connectivity index (χ4v) is 4.39. The van der Waals surface area contributed by atoms with Crippen LogP contribution in [0.3, 0.4) is 0 Å². The topological polar surface area (TPSA) is 38.7 Å². The molecule has 0 radical (unpaired) electrons. The molecule has 1 unspecified atom stereocenters. The Morgan fingerprint density at radius 3 is 2.59 bits per heavy atom. The molecular formula is C22H22IN3O2S. The number of fused-ring (bicyclic) bond motifs is 1. The first-order valence-corrected chi connectivity index (χ1v) is 10.8. The quantitative estimate of drug-likeness (QED) is 0.392. The van der Waals surface area contributed by atoms with Gasteiger partial charge in [-0.25, -0.2) is 0 Å². The Balaban J connectivity index is 1.73. The minimum absolute atomic E-state index is 0.0763. The first-order valence-electron chi connectivity index (χ1n) is 9.31. The molecule has 1 aliphatic heterocycles. The van der Waals surface area contributed by atoms with Crippen molar-refractivity contribution >= 4 is 45.6 Å². The highest BCUT2D eigenvalue weighted by Gasteiger charge is 2.33. The minimum atomic E-state index is -0.0763. The average Bonchev–Trinajstić information content (AvgIpc) is 3.23. The Bertz CT molecular complexity index is 1020. The molecule has 0 saturated carbocycles. The van der Waals surface area contributed by atoms with Crippen LogP contribution in [0.2, 0.25) is 0 Å². The lowest BCUT2D eigenvalue weighted by Crippen LogP contribution is -2.44. The lowest BCUT2D eigenvalue weighted by molar-refractivity contribution is 0.284. The van der Waals surface area contributed by atoms with E-state index in [0.29, 0.717) is 5.11 Å².